The molecular formula is C9H14N4OS. The molecule has 2 rings (SSSR count). The van der Waals surface area contributed by atoms with Gasteiger partial charge in [-0.3, -0.25) is 4.79 Å². The van der Waals surface area contributed by atoms with Crippen molar-refractivity contribution in [1.82, 2.24) is 20.2 Å². The molecule has 0 aromatic carbocycles. The normalized spacial score (nSPS) is 15.5. The van der Waals surface area contributed by atoms with Gasteiger partial charge in [0.1, 0.15) is 5.78 Å². The van der Waals surface area contributed by atoms with Gasteiger partial charge >= 0.3 is 0 Å². The molecule has 0 amide bonds. The minimum absolute atomic E-state index is 0.271. The molecule has 0 unspecified atom stereocenters. The van der Waals surface area contributed by atoms with Crippen LogP contribution in [-0.2, 0) is 4.79 Å². The lowest BCUT2D eigenvalue weighted by Gasteiger charge is -2.00. The van der Waals surface area contributed by atoms with Crippen LogP contribution in [0.4, 0.5) is 0 Å². The minimum Gasteiger partial charge on any atom is -0.299 e. The van der Waals surface area contributed by atoms with E-state index in [9.17, 15) is 4.79 Å². The predicted octanol–water partition coefficient (Wildman–Crippen LogP) is 1.47. The summed E-state index contributed by atoms with van der Waals surface area (Å²) in [6.07, 6.45) is 3.87. The van der Waals surface area contributed by atoms with E-state index in [1.54, 1.807) is 0 Å². The van der Waals surface area contributed by atoms with E-state index in [1.807, 2.05) is 11.6 Å². The smallest absolute Gasteiger partial charge is 0.210 e. The maximum absolute atomic E-state index is 11.3. The van der Waals surface area contributed by atoms with Crippen LogP contribution >= 0.6 is 11.8 Å². The van der Waals surface area contributed by atoms with E-state index in [-0.39, 0.29) is 5.78 Å². The number of thioether (sulfide) groups is 1. The van der Waals surface area contributed by atoms with Crippen molar-refractivity contribution in [3.8, 4) is 0 Å². The number of carbonyl (C=O) groups excluding carboxylic acids is 1. The second-order valence-electron chi connectivity index (χ2n) is 3.71. The first-order valence-electron chi connectivity index (χ1n) is 5.23. The van der Waals surface area contributed by atoms with Crippen LogP contribution in [0.15, 0.2) is 5.16 Å². The lowest BCUT2D eigenvalue weighted by Crippen LogP contribution is -2.03. The van der Waals surface area contributed by atoms with Gasteiger partial charge in [-0.05, 0) is 29.7 Å². The maximum atomic E-state index is 11.3. The molecule has 1 heterocycles. The van der Waals surface area contributed by atoms with Crippen LogP contribution in [0.5, 0.6) is 0 Å². The zero-order valence-electron chi connectivity index (χ0n) is 8.72. The van der Waals surface area contributed by atoms with Crippen LogP contribution in [0, 0.1) is 0 Å². The zero-order chi connectivity index (χ0) is 10.7. The molecule has 0 aliphatic heterocycles. The van der Waals surface area contributed by atoms with Gasteiger partial charge in [-0.1, -0.05) is 18.7 Å². The van der Waals surface area contributed by atoms with Gasteiger partial charge in [0.15, 0.2) is 0 Å². The Kier molecular flexibility index (Phi) is 3.35. The molecule has 0 bridgehead atoms. The first kappa shape index (κ1) is 10.6. The monoisotopic (exact) mass is 226 g/mol. The molecule has 0 radical (unpaired) electrons. The largest absolute Gasteiger partial charge is 0.299 e. The van der Waals surface area contributed by atoms with Gasteiger partial charge in [-0.15, -0.1) is 5.10 Å². The van der Waals surface area contributed by atoms with Crippen molar-refractivity contribution < 1.29 is 4.79 Å². The molecule has 15 heavy (non-hydrogen) atoms. The summed E-state index contributed by atoms with van der Waals surface area (Å²) in [5.74, 6) is 0.758. The fraction of sp³-hybridized carbons (Fsp3) is 0.778. The number of Topliss-reactive ketones (excluding diaryl/α,β-unsaturated/α-hetero) is 1. The van der Waals surface area contributed by atoms with E-state index in [0.29, 0.717) is 18.2 Å². The number of ketones is 1. The summed E-state index contributed by atoms with van der Waals surface area (Å²) in [4.78, 5) is 11.3. The van der Waals surface area contributed by atoms with Crippen LogP contribution < -0.4 is 0 Å². The summed E-state index contributed by atoms with van der Waals surface area (Å²) in [5.41, 5.74) is 0. The van der Waals surface area contributed by atoms with Crippen molar-refractivity contribution in [2.75, 3.05) is 5.75 Å². The quantitative estimate of drug-likeness (QED) is 0.687. The van der Waals surface area contributed by atoms with Gasteiger partial charge in [-0.25, -0.2) is 4.68 Å². The third-order valence-electron chi connectivity index (χ3n) is 2.25. The van der Waals surface area contributed by atoms with E-state index in [1.165, 1.54) is 11.8 Å². The van der Waals surface area contributed by atoms with E-state index in [4.69, 9.17) is 0 Å². The lowest BCUT2D eigenvalue weighted by atomic mass is 10.3. The third kappa shape index (κ3) is 2.77. The first-order chi connectivity index (χ1) is 7.31. The van der Waals surface area contributed by atoms with Gasteiger partial charge in [0.25, 0.3) is 0 Å². The Morgan fingerprint density at radius 3 is 3.07 bits per heavy atom. The maximum Gasteiger partial charge on any atom is 0.210 e. The van der Waals surface area contributed by atoms with Gasteiger partial charge in [0.2, 0.25) is 5.16 Å². The van der Waals surface area contributed by atoms with Gasteiger partial charge in [0.05, 0.1) is 11.8 Å². The summed E-state index contributed by atoms with van der Waals surface area (Å²) in [6, 6.07) is 0.476. The zero-order valence-corrected chi connectivity index (χ0v) is 9.53. The van der Waals surface area contributed by atoms with Crippen molar-refractivity contribution in [2.45, 2.75) is 43.8 Å². The summed E-state index contributed by atoms with van der Waals surface area (Å²) >= 11 is 1.45. The molecule has 1 aromatic rings. The number of hydrogen-bond acceptors (Lipinski definition) is 5. The molecule has 1 aliphatic rings. The second kappa shape index (κ2) is 4.74. The van der Waals surface area contributed by atoms with Crippen molar-refractivity contribution >= 4 is 17.5 Å². The first-order valence-corrected chi connectivity index (χ1v) is 6.22. The van der Waals surface area contributed by atoms with E-state index in [0.717, 1.165) is 24.4 Å². The number of hydrogen-bond donors (Lipinski definition) is 0. The number of tetrazole rings is 1. The molecule has 1 fully saturated rings. The van der Waals surface area contributed by atoms with Crippen molar-refractivity contribution in [1.29, 1.82) is 0 Å². The van der Waals surface area contributed by atoms with Crippen LogP contribution in [0.2, 0.25) is 0 Å². The van der Waals surface area contributed by atoms with E-state index >= 15 is 0 Å². The number of aromatic nitrogens is 4. The van der Waals surface area contributed by atoms with Crippen LogP contribution in [0.3, 0.4) is 0 Å². The summed E-state index contributed by atoms with van der Waals surface area (Å²) < 4.78 is 1.84. The molecule has 0 saturated heterocycles. The second-order valence-corrected chi connectivity index (χ2v) is 4.66. The summed E-state index contributed by atoms with van der Waals surface area (Å²) in [5, 5.41) is 12.3. The third-order valence-corrected chi connectivity index (χ3v) is 3.24. The van der Waals surface area contributed by atoms with Crippen molar-refractivity contribution in [3.63, 3.8) is 0 Å². The Balaban J connectivity index is 1.87. The van der Waals surface area contributed by atoms with E-state index < -0.39 is 0 Å². The Labute approximate surface area is 92.6 Å². The van der Waals surface area contributed by atoms with Crippen molar-refractivity contribution in [2.24, 2.45) is 0 Å². The molecule has 6 heteroatoms. The molecule has 1 saturated carbocycles. The Bertz CT molecular complexity index is 348. The average Bonchev–Trinajstić information content (AvgIpc) is 2.96. The highest BCUT2D eigenvalue weighted by Crippen LogP contribution is 2.36. The Hall–Kier alpha value is -0.910. The molecule has 0 N–H and O–H groups in total. The van der Waals surface area contributed by atoms with Crippen molar-refractivity contribution in [3.05, 3.63) is 0 Å². The van der Waals surface area contributed by atoms with Crippen LogP contribution in [0.1, 0.15) is 38.6 Å². The summed E-state index contributed by atoms with van der Waals surface area (Å²) in [7, 11) is 0. The molecule has 1 aliphatic carbocycles. The van der Waals surface area contributed by atoms with Crippen LogP contribution in [-0.4, -0.2) is 31.7 Å². The fourth-order valence-electron chi connectivity index (χ4n) is 1.32. The Morgan fingerprint density at radius 2 is 2.40 bits per heavy atom. The topological polar surface area (TPSA) is 60.7 Å². The SMILES string of the molecule is CCCC(=O)CSc1nnnn1C1CC1. The summed E-state index contributed by atoms with van der Waals surface area (Å²) in [6.45, 7) is 2.01. The fourth-order valence-corrected chi connectivity index (χ4v) is 2.17. The molecule has 0 spiro atoms. The predicted molar refractivity (Wildman–Crippen MR) is 56.7 cm³/mol. The molecule has 1 aromatic heterocycles. The standard InChI is InChI=1S/C9H14N4OS/c1-2-3-8(14)6-15-9-10-11-12-13(9)7-4-5-7/h7H,2-6H2,1H3. The van der Waals surface area contributed by atoms with E-state index in [2.05, 4.69) is 15.5 Å². The Morgan fingerprint density at radius 1 is 1.60 bits per heavy atom. The number of nitrogens with zero attached hydrogens (tertiary/aromatic N) is 4. The van der Waals surface area contributed by atoms with Crippen LogP contribution in [0.25, 0.3) is 0 Å². The molecule has 5 nitrogen and oxygen atoms in total. The molecule has 82 valence electrons. The lowest BCUT2D eigenvalue weighted by molar-refractivity contribution is -0.116. The average molecular weight is 226 g/mol. The highest BCUT2D eigenvalue weighted by atomic mass is 32.2. The minimum atomic E-state index is 0.271. The van der Waals surface area contributed by atoms with Gasteiger partial charge in [0, 0.05) is 6.42 Å². The van der Waals surface area contributed by atoms with Gasteiger partial charge < -0.3 is 0 Å². The molecular weight excluding hydrogens is 212 g/mol. The molecule has 0 atom stereocenters. The highest BCUT2D eigenvalue weighted by Gasteiger charge is 2.27. The highest BCUT2D eigenvalue weighted by molar-refractivity contribution is 7.99. The number of rotatable bonds is 6. The number of carbonyl (C=O) groups is 1. The van der Waals surface area contributed by atoms with Gasteiger partial charge in [-0.2, -0.15) is 0 Å².